The molecule has 2 aliphatic rings. The number of halogens is 2. The third-order valence-electron chi connectivity index (χ3n) is 4.98. The van der Waals surface area contributed by atoms with E-state index in [4.69, 9.17) is 16.3 Å². The van der Waals surface area contributed by atoms with Crippen LogP contribution in [0, 0.1) is 11.7 Å². The molecule has 2 saturated heterocycles. The predicted octanol–water partition coefficient (Wildman–Crippen LogP) is 2.64. The molecular formula is C18H22ClFN2O3. The van der Waals surface area contributed by atoms with Crippen LogP contribution < -0.4 is 0 Å². The lowest BCUT2D eigenvalue weighted by atomic mass is 9.94. The molecule has 0 bridgehead atoms. The van der Waals surface area contributed by atoms with Crippen LogP contribution in [-0.4, -0.2) is 54.4 Å². The molecule has 1 atom stereocenters. The number of piperidine rings is 1. The number of amides is 2. The highest BCUT2D eigenvalue weighted by molar-refractivity contribution is 6.30. The van der Waals surface area contributed by atoms with E-state index >= 15 is 0 Å². The van der Waals surface area contributed by atoms with Crippen LogP contribution in [0.4, 0.5) is 4.39 Å². The fourth-order valence-corrected chi connectivity index (χ4v) is 3.65. The van der Waals surface area contributed by atoms with E-state index in [9.17, 15) is 14.0 Å². The highest BCUT2D eigenvalue weighted by Gasteiger charge is 2.32. The van der Waals surface area contributed by atoms with E-state index in [1.54, 1.807) is 24.0 Å². The van der Waals surface area contributed by atoms with Crippen molar-refractivity contribution in [1.82, 2.24) is 9.80 Å². The van der Waals surface area contributed by atoms with Gasteiger partial charge in [-0.15, -0.1) is 0 Å². The summed E-state index contributed by atoms with van der Waals surface area (Å²) in [7, 11) is 0. The van der Waals surface area contributed by atoms with Gasteiger partial charge in [0.15, 0.2) is 0 Å². The molecule has 0 aliphatic carbocycles. The van der Waals surface area contributed by atoms with Crippen LogP contribution in [0.1, 0.15) is 31.4 Å². The molecule has 1 unspecified atom stereocenters. The molecule has 0 N–H and O–H groups in total. The summed E-state index contributed by atoms with van der Waals surface area (Å²) in [5, 5.41) is 0.0566. The van der Waals surface area contributed by atoms with Gasteiger partial charge in [0.2, 0.25) is 11.8 Å². The maximum atomic E-state index is 13.3. The first-order valence-corrected chi connectivity index (χ1v) is 8.94. The minimum absolute atomic E-state index is 0.0499. The summed E-state index contributed by atoms with van der Waals surface area (Å²) in [6, 6.07) is 4.52. The number of ether oxygens (including phenoxy) is 1. The van der Waals surface area contributed by atoms with Crippen LogP contribution in [0.2, 0.25) is 5.02 Å². The maximum Gasteiger partial charge on any atom is 0.225 e. The van der Waals surface area contributed by atoms with Crippen molar-refractivity contribution in [2.45, 2.75) is 25.9 Å². The SMILES string of the molecule is CC(=O)N1CCC(C(=O)N2CCOC(c3ccc(F)c(Cl)c3)C2)CC1. The lowest BCUT2D eigenvalue weighted by molar-refractivity contribution is -0.146. The standard InChI is InChI=1S/C18H22ClFN2O3/c1-12(23)21-6-4-13(5-7-21)18(24)22-8-9-25-17(11-22)14-2-3-16(20)15(19)10-14/h2-3,10,13,17H,4-9,11H2,1H3. The Hall–Kier alpha value is -1.66. The first kappa shape index (κ1) is 18.1. The van der Waals surface area contributed by atoms with E-state index in [1.807, 2.05) is 4.90 Å². The second-order valence-corrected chi connectivity index (χ2v) is 7.00. The molecule has 2 amide bonds. The minimum Gasteiger partial charge on any atom is -0.370 e. The highest BCUT2D eigenvalue weighted by atomic mass is 35.5. The molecule has 25 heavy (non-hydrogen) atoms. The third kappa shape index (κ3) is 4.12. The quantitative estimate of drug-likeness (QED) is 0.806. The number of morpholine rings is 1. The van der Waals surface area contributed by atoms with Gasteiger partial charge in [0, 0.05) is 32.5 Å². The number of hydrogen-bond acceptors (Lipinski definition) is 3. The van der Waals surface area contributed by atoms with Crippen molar-refractivity contribution in [2.75, 3.05) is 32.8 Å². The number of likely N-dealkylation sites (tertiary alicyclic amines) is 1. The first-order valence-electron chi connectivity index (χ1n) is 8.56. The minimum atomic E-state index is -0.466. The van der Waals surface area contributed by atoms with Crippen molar-refractivity contribution in [3.63, 3.8) is 0 Å². The second kappa shape index (κ2) is 7.70. The van der Waals surface area contributed by atoms with Gasteiger partial charge in [-0.05, 0) is 30.5 Å². The van der Waals surface area contributed by atoms with E-state index in [-0.39, 0.29) is 28.9 Å². The smallest absolute Gasteiger partial charge is 0.225 e. The van der Waals surface area contributed by atoms with Gasteiger partial charge in [-0.3, -0.25) is 9.59 Å². The topological polar surface area (TPSA) is 49.9 Å². The zero-order valence-electron chi connectivity index (χ0n) is 14.2. The zero-order chi connectivity index (χ0) is 18.0. The fraction of sp³-hybridized carbons (Fsp3) is 0.556. The Labute approximate surface area is 151 Å². The molecule has 1 aromatic rings. The number of hydrogen-bond donors (Lipinski definition) is 0. The van der Waals surface area contributed by atoms with Crippen LogP contribution in [0.15, 0.2) is 18.2 Å². The number of carbonyl (C=O) groups is 2. The van der Waals surface area contributed by atoms with Crippen LogP contribution in [-0.2, 0) is 14.3 Å². The lowest BCUT2D eigenvalue weighted by Gasteiger charge is -2.37. The number of carbonyl (C=O) groups excluding carboxylic acids is 2. The van der Waals surface area contributed by atoms with Crippen LogP contribution in [0.5, 0.6) is 0 Å². The summed E-state index contributed by atoms with van der Waals surface area (Å²) >= 11 is 5.85. The zero-order valence-corrected chi connectivity index (χ0v) is 15.0. The Morgan fingerprint density at radius 1 is 1.20 bits per heavy atom. The van der Waals surface area contributed by atoms with E-state index in [2.05, 4.69) is 0 Å². The number of nitrogens with zero attached hydrogens (tertiary/aromatic N) is 2. The van der Waals surface area contributed by atoms with Crippen molar-refractivity contribution in [3.8, 4) is 0 Å². The van der Waals surface area contributed by atoms with Gasteiger partial charge < -0.3 is 14.5 Å². The predicted molar refractivity (Wildman–Crippen MR) is 91.7 cm³/mol. The Kier molecular flexibility index (Phi) is 5.59. The average Bonchev–Trinajstić information content (AvgIpc) is 2.63. The Balaban J connectivity index is 1.62. The maximum absolute atomic E-state index is 13.3. The van der Waals surface area contributed by atoms with Gasteiger partial charge in [0.25, 0.3) is 0 Å². The molecule has 2 heterocycles. The van der Waals surface area contributed by atoms with Crippen LogP contribution >= 0.6 is 11.6 Å². The molecule has 5 nitrogen and oxygen atoms in total. The van der Waals surface area contributed by atoms with Crippen molar-refractivity contribution >= 4 is 23.4 Å². The van der Waals surface area contributed by atoms with Gasteiger partial charge >= 0.3 is 0 Å². The second-order valence-electron chi connectivity index (χ2n) is 6.60. The third-order valence-corrected chi connectivity index (χ3v) is 5.27. The summed E-state index contributed by atoms with van der Waals surface area (Å²) in [6.45, 7) is 4.26. The number of benzene rings is 1. The normalized spacial score (nSPS) is 22.1. The Morgan fingerprint density at radius 3 is 2.56 bits per heavy atom. The van der Waals surface area contributed by atoms with Gasteiger partial charge in [0.05, 0.1) is 18.2 Å². The molecule has 2 fully saturated rings. The van der Waals surface area contributed by atoms with E-state index in [0.29, 0.717) is 45.6 Å². The summed E-state index contributed by atoms with van der Waals surface area (Å²) < 4.78 is 19.1. The van der Waals surface area contributed by atoms with Crippen LogP contribution in [0.25, 0.3) is 0 Å². The van der Waals surface area contributed by atoms with Gasteiger partial charge in [-0.2, -0.15) is 0 Å². The summed E-state index contributed by atoms with van der Waals surface area (Å²) in [5.74, 6) is -0.340. The Morgan fingerprint density at radius 2 is 1.92 bits per heavy atom. The summed E-state index contributed by atoms with van der Waals surface area (Å²) in [5.41, 5.74) is 0.773. The van der Waals surface area contributed by atoms with Gasteiger partial charge in [0.1, 0.15) is 11.9 Å². The Bertz CT molecular complexity index is 662. The molecule has 0 saturated carbocycles. The van der Waals surface area contributed by atoms with E-state index in [0.717, 1.165) is 5.56 Å². The van der Waals surface area contributed by atoms with Gasteiger partial charge in [-0.1, -0.05) is 17.7 Å². The first-order chi connectivity index (χ1) is 12.0. The average molecular weight is 369 g/mol. The lowest BCUT2D eigenvalue weighted by Crippen LogP contribution is -2.48. The van der Waals surface area contributed by atoms with Gasteiger partial charge in [-0.25, -0.2) is 4.39 Å². The molecule has 136 valence electrons. The molecule has 2 aliphatic heterocycles. The number of rotatable bonds is 2. The van der Waals surface area contributed by atoms with E-state index < -0.39 is 5.82 Å². The van der Waals surface area contributed by atoms with Crippen molar-refractivity contribution in [3.05, 3.63) is 34.6 Å². The molecule has 0 spiro atoms. The highest BCUT2D eigenvalue weighted by Crippen LogP contribution is 2.28. The summed E-state index contributed by atoms with van der Waals surface area (Å²) in [6.07, 6.45) is 1.10. The largest absolute Gasteiger partial charge is 0.370 e. The van der Waals surface area contributed by atoms with E-state index in [1.165, 1.54) is 6.07 Å². The monoisotopic (exact) mass is 368 g/mol. The summed E-state index contributed by atoms with van der Waals surface area (Å²) in [4.78, 5) is 27.8. The van der Waals surface area contributed by atoms with Crippen LogP contribution in [0.3, 0.4) is 0 Å². The van der Waals surface area contributed by atoms with Crippen molar-refractivity contribution < 1.29 is 18.7 Å². The fourth-order valence-electron chi connectivity index (χ4n) is 3.46. The molecule has 0 radical (unpaired) electrons. The molecule has 7 heteroatoms. The van der Waals surface area contributed by atoms with Crippen molar-refractivity contribution in [2.24, 2.45) is 5.92 Å². The molecule has 1 aromatic carbocycles. The van der Waals surface area contributed by atoms with Crippen molar-refractivity contribution in [1.29, 1.82) is 0 Å². The molecule has 3 rings (SSSR count). The molecular weight excluding hydrogens is 347 g/mol. The molecule has 0 aromatic heterocycles.